The molecule has 0 spiro atoms. The molecule has 0 aromatic carbocycles. The maximum atomic E-state index is 8.94. The van der Waals surface area contributed by atoms with Gasteiger partial charge in [-0.3, -0.25) is 0 Å². The lowest BCUT2D eigenvalue weighted by molar-refractivity contribution is 0.369. The number of rotatable bonds is 4. The molecule has 0 amide bonds. The molecule has 2 aromatic rings. The van der Waals surface area contributed by atoms with Crippen molar-refractivity contribution in [1.82, 2.24) is 15.3 Å². The minimum atomic E-state index is 0.321. The maximum absolute atomic E-state index is 8.94. The van der Waals surface area contributed by atoms with Crippen LogP contribution in [0.1, 0.15) is 28.7 Å². The Morgan fingerprint density at radius 2 is 2.18 bits per heavy atom. The van der Waals surface area contributed by atoms with Crippen LogP contribution in [0.2, 0.25) is 0 Å². The Morgan fingerprint density at radius 1 is 1.35 bits per heavy atom. The summed E-state index contributed by atoms with van der Waals surface area (Å²) in [6, 6.07) is 2.05. The van der Waals surface area contributed by atoms with E-state index in [1.54, 1.807) is 18.7 Å². The molecule has 0 fully saturated rings. The highest BCUT2D eigenvalue weighted by Crippen LogP contribution is 2.15. The summed E-state index contributed by atoms with van der Waals surface area (Å²) in [7, 11) is 0. The van der Waals surface area contributed by atoms with Gasteiger partial charge in [0.2, 0.25) is 5.89 Å². The number of hydrogen-bond donors (Lipinski definition) is 0. The van der Waals surface area contributed by atoms with Gasteiger partial charge in [0.05, 0.1) is 12.2 Å². The predicted octanol–water partition coefficient (Wildman–Crippen LogP) is 1.69. The van der Waals surface area contributed by atoms with Gasteiger partial charge in [-0.1, -0.05) is 10.3 Å². The summed E-state index contributed by atoms with van der Waals surface area (Å²) in [5, 5.41) is 16.6. The summed E-state index contributed by atoms with van der Waals surface area (Å²) in [5.74, 6) is 2.29. The third-order valence-corrected chi connectivity index (χ3v) is 2.69. The van der Waals surface area contributed by atoms with Crippen LogP contribution in [0.4, 0.5) is 0 Å². The Morgan fingerprint density at radius 3 is 2.88 bits per heavy atom. The molecule has 0 radical (unpaired) electrons. The third-order valence-electron chi connectivity index (χ3n) is 2.15. The molecule has 0 N–H and O–H groups in total. The zero-order valence-corrected chi connectivity index (χ0v) is 10.2. The molecule has 17 heavy (non-hydrogen) atoms. The van der Waals surface area contributed by atoms with Crippen LogP contribution in [0.25, 0.3) is 0 Å². The van der Waals surface area contributed by atoms with Crippen LogP contribution in [-0.2, 0) is 12.2 Å². The molecule has 0 unspecified atom stereocenters. The quantitative estimate of drug-likeness (QED) is 0.815. The molecule has 0 bridgehead atoms. The Bertz CT molecular complexity index is 555. The second-order valence-corrected chi connectivity index (χ2v) is 4.25. The third kappa shape index (κ3) is 2.47. The lowest BCUT2D eigenvalue weighted by Crippen LogP contribution is -1.92. The second-order valence-electron chi connectivity index (χ2n) is 3.39. The van der Waals surface area contributed by atoms with Gasteiger partial charge in [-0.05, 0) is 13.2 Å². The Balaban J connectivity index is 2.17. The van der Waals surface area contributed by atoms with Crippen LogP contribution < -0.4 is 0 Å². The fraction of sp³-hybridized carbons (Fsp3) is 0.400. The molecule has 2 rings (SSSR count). The lowest BCUT2D eigenvalue weighted by atomic mass is 10.2. The maximum Gasteiger partial charge on any atom is 0.232 e. The van der Waals surface area contributed by atoms with E-state index in [1.165, 1.54) is 0 Å². The van der Waals surface area contributed by atoms with Crippen LogP contribution in [0.5, 0.6) is 0 Å². The van der Waals surface area contributed by atoms with Crippen LogP contribution in [0, 0.1) is 18.3 Å². The van der Waals surface area contributed by atoms with E-state index in [1.807, 2.05) is 12.3 Å². The van der Waals surface area contributed by atoms with E-state index in [0.717, 1.165) is 0 Å². The van der Waals surface area contributed by atoms with E-state index >= 15 is 0 Å². The first-order chi connectivity index (χ1) is 8.24. The number of thioether (sulfide) groups is 1. The summed E-state index contributed by atoms with van der Waals surface area (Å²) in [6.45, 7) is 1.70. The minimum absolute atomic E-state index is 0.321. The van der Waals surface area contributed by atoms with E-state index in [0.29, 0.717) is 40.9 Å². The Kier molecular flexibility index (Phi) is 3.44. The number of hydrogen-bond acceptors (Lipinski definition) is 7. The van der Waals surface area contributed by atoms with Gasteiger partial charge in [-0.2, -0.15) is 22.0 Å². The lowest BCUT2D eigenvalue weighted by Gasteiger charge is -1.88. The monoisotopic (exact) mass is 250 g/mol. The standard InChI is InChI=1S/C10H10N4O2S/c1-6-7(4-11)8(13-15-6)3-10-12-9(5-17-2)14-16-10/h3,5H2,1-2H3. The average molecular weight is 250 g/mol. The molecule has 2 aromatic heterocycles. The minimum Gasteiger partial charge on any atom is -0.360 e. The van der Waals surface area contributed by atoms with Crippen molar-refractivity contribution in [2.45, 2.75) is 19.1 Å². The van der Waals surface area contributed by atoms with Crippen molar-refractivity contribution in [2.24, 2.45) is 0 Å². The van der Waals surface area contributed by atoms with E-state index in [9.17, 15) is 0 Å². The highest BCUT2D eigenvalue weighted by molar-refractivity contribution is 7.97. The fourth-order valence-electron chi connectivity index (χ4n) is 1.37. The van der Waals surface area contributed by atoms with Crippen LogP contribution >= 0.6 is 11.8 Å². The molecule has 0 aliphatic heterocycles. The van der Waals surface area contributed by atoms with Crippen molar-refractivity contribution >= 4 is 11.8 Å². The van der Waals surface area contributed by atoms with Crippen molar-refractivity contribution in [2.75, 3.05) is 6.26 Å². The smallest absolute Gasteiger partial charge is 0.232 e. The molecular weight excluding hydrogens is 240 g/mol. The van der Waals surface area contributed by atoms with Crippen molar-refractivity contribution in [3.63, 3.8) is 0 Å². The van der Waals surface area contributed by atoms with Gasteiger partial charge in [-0.25, -0.2) is 0 Å². The Labute approximate surface area is 102 Å². The highest BCUT2D eigenvalue weighted by atomic mass is 32.2. The SMILES string of the molecule is CSCc1noc(Cc2noc(C)c2C#N)n1. The first-order valence-electron chi connectivity index (χ1n) is 4.90. The van der Waals surface area contributed by atoms with E-state index in [-0.39, 0.29) is 0 Å². The molecule has 6 nitrogen and oxygen atoms in total. The summed E-state index contributed by atoms with van der Waals surface area (Å²) in [5.41, 5.74) is 0.971. The molecular formula is C10H10N4O2S. The van der Waals surface area contributed by atoms with Gasteiger partial charge in [-0.15, -0.1) is 0 Å². The number of aromatic nitrogens is 3. The van der Waals surface area contributed by atoms with E-state index in [2.05, 4.69) is 15.3 Å². The van der Waals surface area contributed by atoms with Gasteiger partial charge in [0, 0.05) is 0 Å². The van der Waals surface area contributed by atoms with Gasteiger partial charge in [0.1, 0.15) is 17.3 Å². The van der Waals surface area contributed by atoms with Gasteiger partial charge < -0.3 is 9.05 Å². The van der Waals surface area contributed by atoms with Crippen molar-refractivity contribution in [3.8, 4) is 6.07 Å². The largest absolute Gasteiger partial charge is 0.360 e. The van der Waals surface area contributed by atoms with E-state index < -0.39 is 0 Å². The zero-order chi connectivity index (χ0) is 12.3. The van der Waals surface area contributed by atoms with Crippen LogP contribution in [-0.4, -0.2) is 21.6 Å². The highest BCUT2D eigenvalue weighted by Gasteiger charge is 2.16. The molecule has 0 saturated heterocycles. The first kappa shape index (κ1) is 11.7. The zero-order valence-electron chi connectivity index (χ0n) is 9.43. The predicted molar refractivity (Wildman–Crippen MR) is 60.3 cm³/mol. The molecule has 88 valence electrons. The van der Waals surface area contributed by atoms with E-state index in [4.69, 9.17) is 14.3 Å². The Hall–Kier alpha value is -1.81. The van der Waals surface area contributed by atoms with Gasteiger partial charge >= 0.3 is 0 Å². The fourth-order valence-corrected chi connectivity index (χ4v) is 1.75. The normalized spacial score (nSPS) is 10.4. The van der Waals surface area contributed by atoms with Crippen molar-refractivity contribution in [1.29, 1.82) is 5.26 Å². The van der Waals surface area contributed by atoms with Crippen molar-refractivity contribution in [3.05, 3.63) is 28.7 Å². The van der Waals surface area contributed by atoms with Gasteiger partial charge in [0.25, 0.3) is 0 Å². The van der Waals surface area contributed by atoms with Crippen LogP contribution in [0.15, 0.2) is 9.05 Å². The summed E-state index contributed by atoms with van der Waals surface area (Å²) in [6.07, 6.45) is 2.28. The molecule has 0 aliphatic rings. The summed E-state index contributed by atoms with van der Waals surface area (Å²) < 4.78 is 10.0. The first-order valence-corrected chi connectivity index (χ1v) is 6.29. The molecule has 0 saturated carbocycles. The van der Waals surface area contributed by atoms with Gasteiger partial charge in [0.15, 0.2) is 11.6 Å². The summed E-state index contributed by atoms with van der Waals surface area (Å²) in [4.78, 5) is 4.19. The average Bonchev–Trinajstić information content (AvgIpc) is 2.88. The van der Waals surface area contributed by atoms with Crippen molar-refractivity contribution < 1.29 is 9.05 Å². The number of nitrogens with zero attached hydrogens (tertiary/aromatic N) is 4. The molecule has 2 heterocycles. The molecule has 0 aliphatic carbocycles. The second kappa shape index (κ2) is 5.01. The topological polar surface area (TPSA) is 88.7 Å². The number of aryl methyl sites for hydroxylation is 1. The molecule has 7 heteroatoms. The number of nitriles is 1. The van der Waals surface area contributed by atoms with Crippen LogP contribution in [0.3, 0.4) is 0 Å². The summed E-state index contributed by atoms with van der Waals surface area (Å²) >= 11 is 1.61. The molecule has 0 atom stereocenters.